The van der Waals surface area contributed by atoms with Crippen LogP contribution in [0.15, 0.2) is 11.6 Å². The van der Waals surface area contributed by atoms with Crippen LogP contribution in [0.25, 0.3) is 0 Å². The monoisotopic (exact) mass is 192 g/mol. The Morgan fingerprint density at radius 2 is 2.22 bits per heavy atom. The van der Waals surface area contributed by atoms with Crippen LogP contribution < -0.4 is 0 Å². The molecule has 3 heteroatoms. The highest BCUT2D eigenvalue weighted by Crippen LogP contribution is 1.91. The van der Waals surface area contributed by atoms with Crippen LogP contribution in [0.2, 0.25) is 0 Å². The van der Waals surface area contributed by atoms with Crippen molar-refractivity contribution in [2.75, 3.05) is 5.52 Å². The largest absolute Gasteiger partial charge is 0.451 e. The number of allylic oxidation sites excluding steroid dienone is 1. The summed E-state index contributed by atoms with van der Waals surface area (Å²) in [6.45, 7) is 3.69. The van der Waals surface area contributed by atoms with Gasteiger partial charge >= 0.3 is 5.97 Å². The third kappa shape index (κ3) is 5.56. The summed E-state index contributed by atoms with van der Waals surface area (Å²) in [5.41, 5.74) is 1.20. The number of hydrogen-bond donors (Lipinski definition) is 0. The second-order valence-corrected chi connectivity index (χ2v) is 2.25. The first-order chi connectivity index (χ1) is 4.16. The van der Waals surface area contributed by atoms with E-state index in [4.69, 9.17) is 0 Å². The Labute approximate surface area is 63.0 Å². The minimum Gasteiger partial charge on any atom is -0.451 e. The van der Waals surface area contributed by atoms with E-state index in [9.17, 15) is 4.79 Å². The lowest BCUT2D eigenvalue weighted by molar-refractivity contribution is -0.135. The van der Waals surface area contributed by atoms with Gasteiger partial charge in [0.1, 0.15) is 5.52 Å². The maximum absolute atomic E-state index is 10.5. The fourth-order valence-corrected chi connectivity index (χ4v) is 0.557. The van der Waals surface area contributed by atoms with Gasteiger partial charge in [0.15, 0.2) is 0 Å². The molecule has 0 amide bonds. The van der Waals surface area contributed by atoms with Gasteiger partial charge in [-0.05, 0) is 29.8 Å². The van der Waals surface area contributed by atoms with E-state index in [1.54, 1.807) is 0 Å². The molecule has 0 aliphatic rings. The number of carbonyl (C=O) groups is 1. The van der Waals surface area contributed by atoms with E-state index >= 15 is 0 Å². The van der Waals surface area contributed by atoms with Crippen molar-refractivity contribution in [1.29, 1.82) is 0 Å². The molecule has 0 N–H and O–H groups in total. The molecule has 0 unspecified atom stereocenters. The summed E-state index contributed by atoms with van der Waals surface area (Å²) < 4.78 is 4.55. The molecule has 0 aromatic heterocycles. The van der Waals surface area contributed by atoms with E-state index in [2.05, 4.69) is 20.7 Å². The predicted molar refractivity (Wildman–Crippen MR) is 39.3 cm³/mol. The Bertz CT molecular complexity index is 125. The first-order valence-electron chi connectivity index (χ1n) is 2.54. The highest BCUT2D eigenvalue weighted by molar-refractivity contribution is 9.09. The minimum atomic E-state index is -0.299. The molecule has 0 bridgehead atoms. The zero-order valence-corrected chi connectivity index (χ0v) is 7.06. The van der Waals surface area contributed by atoms with Gasteiger partial charge in [-0.25, -0.2) is 4.79 Å². The third-order valence-corrected chi connectivity index (χ3v) is 0.832. The Kier molecular flexibility index (Phi) is 4.40. The molecule has 52 valence electrons. The van der Waals surface area contributed by atoms with Crippen molar-refractivity contribution in [2.24, 2.45) is 0 Å². The summed E-state index contributed by atoms with van der Waals surface area (Å²) in [6, 6.07) is 0. The molecule has 0 saturated heterocycles. The van der Waals surface area contributed by atoms with Crippen LogP contribution in [-0.4, -0.2) is 11.5 Å². The summed E-state index contributed by atoms with van der Waals surface area (Å²) in [7, 11) is 0. The molecule has 0 aliphatic heterocycles. The molecular weight excluding hydrogens is 184 g/mol. The van der Waals surface area contributed by atoms with Crippen LogP contribution in [0.4, 0.5) is 0 Å². The molecule has 0 heterocycles. The lowest BCUT2D eigenvalue weighted by atomic mass is 10.3. The maximum atomic E-state index is 10.5. The number of ether oxygens (including phenoxy) is 1. The normalized spacial score (nSPS) is 8.33. The van der Waals surface area contributed by atoms with Gasteiger partial charge in [0.05, 0.1) is 0 Å². The molecule has 0 aromatic rings. The van der Waals surface area contributed by atoms with Crippen LogP contribution in [0.5, 0.6) is 0 Å². The highest BCUT2D eigenvalue weighted by atomic mass is 79.9. The van der Waals surface area contributed by atoms with Crippen molar-refractivity contribution >= 4 is 21.9 Å². The molecule has 9 heavy (non-hydrogen) atoms. The average molecular weight is 193 g/mol. The molecule has 0 radical (unpaired) electrons. The van der Waals surface area contributed by atoms with E-state index in [1.807, 2.05) is 13.8 Å². The van der Waals surface area contributed by atoms with Crippen LogP contribution >= 0.6 is 15.9 Å². The van der Waals surface area contributed by atoms with E-state index in [1.165, 1.54) is 6.08 Å². The third-order valence-electron chi connectivity index (χ3n) is 0.603. The quantitative estimate of drug-likeness (QED) is 0.380. The molecule has 0 aliphatic carbocycles. The van der Waals surface area contributed by atoms with Crippen molar-refractivity contribution in [1.82, 2.24) is 0 Å². The predicted octanol–water partition coefficient (Wildman–Crippen LogP) is 1.85. The van der Waals surface area contributed by atoms with Gasteiger partial charge in [-0.2, -0.15) is 0 Å². The van der Waals surface area contributed by atoms with Gasteiger partial charge < -0.3 is 4.74 Å². The number of hydrogen-bond acceptors (Lipinski definition) is 2. The van der Waals surface area contributed by atoms with Gasteiger partial charge in [-0.3, -0.25) is 0 Å². The van der Waals surface area contributed by atoms with Crippen molar-refractivity contribution < 1.29 is 9.53 Å². The van der Waals surface area contributed by atoms with Gasteiger partial charge in [0.25, 0.3) is 0 Å². The zero-order chi connectivity index (χ0) is 7.28. The van der Waals surface area contributed by atoms with Crippen molar-refractivity contribution in [2.45, 2.75) is 13.8 Å². The Morgan fingerprint density at radius 3 is 2.56 bits per heavy atom. The summed E-state index contributed by atoms with van der Waals surface area (Å²) in [5, 5.41) is 0. The summed E-state index contributed by atoms with van der Waals surface area (Å²) >= 11 is 2.97. The summed E-state index contributed by atoms with van der Waals surface area (Å²) in [4.78, 5) is 10.5. The van der Waals surface area contributed by atoms with E-state index in [0.717, 1.165) is 5.57 Å². The summed E-state index contributed by atoms with van der Waals surface area (Å²) in [5.74, 6) is -0.299. The van der Waals surface area contributed by atoms with Crippen LogP contribution in [-0.2, 0) is 9.53 Å². The second-order valence-electron chi connectivity index (χ2n) is 1.79. The SMILES string of the molecule is CC(C)=CC(=O)OCBr. The van der Waals surface area contributed by atoms with Crippen molar-refractivity contribution in [3.63, 3.8) is 0 Å². The smallest absolute Gasteiger partial charge is 0.331 e. The zero-order valence-electron chi connectivity index (χ0n) is 5.48. The number of esters is 1. The molecule has 0 aromatic carbocycles. The Morgan fingerprint density at radius 1 is 1.67 bits per heavy atom. The van der Waals surface area contributed by atoms with Gasteiger partial charge in [0.2, 0.25) is 0 Å². The molecule has 0 saturated carbocycles. The van der Waals surface area contributed by atoms with E-state index < -0.39 is 0 Å². The van der Waals surface area contributed by atoms with Gasteiger partial charge in [0, 0.05) is 6.08 Å². The first kappa shape index (κ1) is 8.69. The van der Waals surface area contributed by atoms with Crippen LogP contribution in [0, 0.1) is 0 Å². The number of halogens is 1. The second kappa shape index (κ2) is 4.56. The molecule has 0 spiro atoms. The van der Waals surface area contributed by atoms with Crippen molar-refractivity contribution in [3.8, 4) is 0 Å². The van der Waals surface area contributed by atoms with Crippen LogP contribution in [0.1, 0.15) is 13.8 Å². The fourth-order valence-electron chi connectivity index (χ4n) is 0.331. The van der Waals surface area contributed by atoms with E-state index in [-0.39, 0.29) is 11.5 Å². The molecule has 2 nitrogen and oxygen atoms in total. The lowest BCUT2D eigenvalue weighted by Gasteiger charge is -1.93. The highest BCUT2D eigenvalue weighted by Gasteiger charge is 1.92. The molecule has 0 atom stereocenters. The van der Waals surface area contributed by atoms with Crippen molar-refractivity contribution in [3.05, 3.63) is 11.6 Å². The fraction of sp³-hybridized carbons (Fsp3) is 0.500. The molecular formula is C6H9BrO2. The van der Waals surface area contributed by atoms with Gasteiger partial charge in [-0.15, -0.1) is 0 Å². The lowest BCUT2D eigenvalue weighted by Crippen LogP contribution is -1.97. The molecule has 0 rings (SSSR count). The topological polar surface area (TPSA) is 26.3 Å². The van der Waals surface area contributed by atoms with E-state index in [0.29, 0.717) is 0 Å². The number of carbonyl (C=O) groups excluding carboxylic acids is 1. The Hall–Kier alpha value is -0.310. The standard InChI is InChI=1S/C6H9BrO2/c1-5(2)3-6(8)9-4-7/h3H,4H2,1-2H3. The minimum absolute atomic E-state index is 0.260. The van der Waals surface area contributed by atoms with Gasteiger partial charge in [-0.1, -0.05) is 5.57 Å². The van der Waals surface area contributed by atoms with Crippen LogP contribution in [0.3, 0.4) is 0 Å². The molecule has 0 fully saturated rings. The maximum Gasteiger partial charge on any atom is 0.331 e. The Balaban J connectivity index is 3.63. The number of rotatable bonds is 2. The number of alkyl halides is 1. The summed E-state index contributed by atoms with van der Waals surface area (Å²) in [6.07, 6.45) is 1.45. The first-order valence-corrected chi connectivity index (χ1v) is 3.66. The average Bonchev–Trinajstić information content (AvgIpc) is 1.63.